The second-order valence-electron chi connectivity index (χ2n) is 4.98. The molecule has 3 nitrogen and oxygen atoms in total. The van der Waals surface area contributed by atoms with Gasteiger partial charge in [0.25, 0.3) is 0 Å². The van der Waals surface area contributed by atoms with Crippen LogP contribution < -0.4 is 5.73 Å². The second kappa shape index (κ2) is 4.96. The molecule has 0 aromatic rings. The summed E-state index contributed by atoms with van der Waals surface area (Å²) in [7, 11) is 0. The van der Waals surface area contributed by atoms with Gasteiger partial charge >= 0.3 is 0 Å². The van der Waals surface area contributed by atoms with E-state index in [9.17, 15) is 0 Å². The summed E-state index contributed by atoms with van der Waals surface area (Å²) < 4.78 is 0. The largest absolute Gasteiger partial charge is 0.315 e. The van der Waals surface area contributed by atoms with Crippen LogP contribution in [-0.4, -0.2) is 30.1 Å². The molecule has 1 saturated heterocycles. The molecule has 0 bridgehead atoms. The zero-order chi connectivity index (χ0) is 10.7. The summed E-state index contributed by atoms with van der Waals surface area (Å²) in [6, 6.07) is 2.57. The molecule has 2 N–H and O–H groups in total. The molecule has 0 aromatic heterocycles. The summed E-state index contributed by atoms with van der Waals surface area (Å²) in [5, 5.41) is 8.76. The van der Waals surface area contributed by atoms with Gasteiger partial charge in [-0.15, -0.1) is 0 Å². The zero-order valence-electron chi connectivity index (χ0n) is 9.36. The first-order valence-electron chi connectivity index (χ1n) is 6.20. The molecule has 2 aliphatic rings. The summed E-state index contributed by atoms with van der Waals surface area (Å²) >= 11 is 0. The van der Waals surface area contributed by atoms with Crippen molar-refractivity contribution in [1.82, 2.24) is 4.90 Å². The van der Waals surface area contributed by atoms with Crippen LogP contribution in [0.2, 0.25) is 0 Å². The van der Waals surface area contributed by atoms with E-state index in [0.29, 0.717) is 0 Å². The van der Waals surface area contributed by atoms with Crippen LogP contribution in [0.1, 0.15) is 38.5 Å². The van der Waals surface area contributed by atoms with Crippen molar-refractivity contribution in [3.63, 3.8) is 0 Å². The lowest BCUT2D eigenvalue weighted by atomic mass is 9.78. The van der Waals surface area contributed by atoms with Crippen molar-refractivity contribution in [2.75, 3.05) is 13.1 Å². The highest BCUT2D eigenvalue weighted by Gasteiger charge is 2.33. The van der Waals surface area contributed by atoms with Gasteiger partial charge in [-0.2, -0.15) is 5.26 Å². The topological polar surface area (TPSA) is 53.1 Å². The summed E-state index contributed by atoms with van der Waals surface area (Å²) in [6.07, 6.45) is 8.16. The third kappa shape index (κ3) is 2.50. The van der Waals surface area contributed by atoms with Gasteiger partial charge in [0, 0.05) is 12.6 Å². The Labute approximate surface area is 92.2 Å². The molecule has 0 radical (unpaired) electrons. The maximum atomic E-state index is 8.76. The lowest BCUT2D eigenvalue weighted by Crippen LogP contribution is -2.50. The van der Waals surface area contributed by atoms with E-state index in [2.05, 4.69) is 11.0 Å². The van der Waals surface area contributed by atoms with E-state index in [1.165, 1.54) is 38.5 Å². The minimum absolute atomic E-state index is 0.300. The number of nitriles is 1. The molecule has 1 aliphatic carbocycles. The first-order chi connectivity index (χ1) is 7.31. The van der Waals surface area contributed by atoms with Crippen molar-refractivity contribution in [2.45, 2.75) is 50.6 Å². The number of piperidine rings is 1. The van der Waals surface area contributed by atoms with Crippen LogP contribution in [0.5, 0.6) is 0 Å². The number of nitrogens with two attached hydrogens (primary N) is 1. The predicted octanol–water partition coefficient (Wildman–Crippen LogP) is 1.49. The molecule has 0 spiro atoms. The van der Waals surface area contributed by atoms with Gasteiger partial charge in [-0.1, -0.05) is 12.8 Å². The molecule has 1 saturated carbocycles. The highest BCUT2D eigenvalue weighted by atomic mass is 15.2. The van der Waals surface area contributed by atoms with Crippen LogP contribution >= 0.6 is 0 Å². The van der Waals surface area contributed by atoms with E-state index in [0.717, 1.165) is 25.0 Å². The lowest BCUT2D eigenvalue weighted by molar-refractivity contribution is 0.0598. The van der Waals surface area contributed by atoms with Crippen molar-refractivity contribution in [1.29, 1.82) is 5.26 Å². The Hall–Kier alpha value is -0.590. The average Bonchev–Trinajstić information content (AvgIpc) is 2.29. The summed E-state index contributed by atoms with van der Waals surface area (Å²) in [5.41, 5.74) is 5.72. The number of likely N-dealkylation sites (tertiary alicyclic amines) is 1. The molecule has 3 atom stereocenters. The standard InChI is InChI=1S/C12H21N3/c13-8-11(14)9-15-7-3-5-10-4-1-2-6-12(10)15/h10-12H,1-7,9,14H2. The van der Waals surface area contributed by atoms with Crippen LogP contribution in [0, 0.1) is 17.2 Å². The van der Waals surface area contributed by atoms with Crippen LogP contribution in [0.25, 0.3) is 0 Å². The molecule has 2 fully saturated rings. The molecule has 84 valence electrons. The van der Waals surface area contributed by atoms with Gasteiger partial charge in [-0.05, 0) is 38.1 Å². The van der Waals surface area contributed by atoms with E-state index < -0.39 is 0 Å². The Bertz CT molecular complexity index is 244. The number of nitrogens with zero attached hydrogens (tertiary/aromatic N) is 2. The first kappa shape index (κ1) is 10.9. The van der Waals surface area contributed by atoms with Crippen LogP contribution in [0.3, 0.4) is 0 Å². The summed E-state index contributed by atoms with van der Waals surface area (Å²) in [6.45, 7) is 1.92. The number of hydrogen-bond donors (Lipinski definition) is 1. The smallest absolute Gasteiger partial charge is 0.106 e. The van der Waals surface area contributed by atoms with Crippen molar-refractivity contribution in [3.8, 4) is 6.07 Å². The van der Waals surface area contributed by atoms with Gasteiger partial charge in [0.05, 0.1) is 6.07 Å². The molecule has 1 heterocycles. The Morgan fingerprint density at radius 1 is 1.27 bits per heavy atom. The van der Waals surface area contributed by atoms with Crippen LogP contribution in [0.4, 0.5) is 0 Å². The maximum Gasteiger partial charge on any atom is 0.106 e. The van der Waals surface area contributed by atoms with Crippen molar-refractivity contribution in [3.05, 3.63) is 0 Å². The number of hydrogen-bond acceptors (Lipinski definition) is 3. The summed E-state index contributed by atoms with van der Waals surface area (Å²) in [5.74, 6) is 0.887. The van der Waals surface area contributed by atoms with E-state index >= 15 is 0 Å². The van der Waals surface area contributed by atoms with Crippen LogP contribution in [-0.2, 0) is 0 Å². The number of rotatable bonds is 2. The van der Waals surface area contributed by atoms with Gasteiger partial charge < -0.3 is 5.73 Å². The van der Waals surface area contributed by atoms with E-state index in [4.69, 9.17) is 11.0 Å². The molecule has 3 heteroatoms. The monoisotopic (exact) mass is 207 g/mol. The van der Waals surface area contributed by atoms with Gasteiger partial charge in [-0.3, -0.25) is 4.90 Å². The van der Waals surface area contributed by atoms with Gasteiger partial charge in [0.2, 0.25) is 0 Å². The van der Waals surface area contributed by atoms with Crippen molar-refractivity contribution >= 4 is 0 Å². The molecule has 2 rings (SSSR count). The SMILES string of the molecule is N#CC(N)CN1CCCC2CCCCC21. The predicted molar refractivity (Wildman–Crippen MR) is 60.1 cm³/mol. The third-order valence-corrected chi connectivity index (χ3v) is 3.96. The fraction of sp³-hybridized carbons (Fsp3) is 0.917. The van der Waals surface area contributed by atoms with Gasteiger partial charge in [0.1, 0.15) is 6.04 Å². The maximum absolute atomic E-state index is 8.76. The molecule has 0 amide bonds. The molecule has 1 aliphatic heterocycles. The van der Waals surface area contributed by atoms with Gasteiger partial charge in [-0.25, -0.2) is 0 Å². The zero-order valence-corrected chi connectivity index (χ0v) is 9.36. The molecule has 0 aromatic carbocycles. The number of fused-ring (bicyclic) bond motifs is 1. The second-order valence-corrected chi connectivity index (χ2v) is 4.98. The molecule has 15 heavy (non-hydrogen) atoms. The quantitative estimate of drug-likeness (QED) is 0.746. The Morgan fingerprint density at radius 3 is 2.80 bits per heavy atom. The van der Waals surface area contributed by atoms with E-state index in [1.54, 1.807) is 0 Å². The third-order valence-electron chi connectivity index (χ3n) is 3.96. The van der Waals surface area contributed by atoms with Crippen LogP contribution in [0.15, 0.2) is 0 Å². The molecular weight excluding hydrogens is 186 g/mol. The Balaban J connectivity index is 1.95. The highest BCUT2D eigenvalue weighted by Crippen LogP contribution is 2.34. The fourth-order valence-electron chi connectivity index (χ4n) is 3.25. The van der Waals surface area contributed by atoms with Gasteiger partial charge in [0.15, 0.2) is 0 Å². The van der Waals surface area contributed by atoms with Crippen molar-refractivity contribution in [2.24, 2.45) is 11.7 Å². The Morgan fingerprint density at radius 2 is 2.00 bits per heavy atom. The normalized spacial score (nSPS) is 34.1. The van der Waals surface area contributed by atoms with E-state index in [1.807, 2.05) is 0 Å². The Kier molecular flexibility index (Phi) is 3.61. The lowest BCUT2D eigenvalue weighted by Gasteiger charge is -2.44. The molecule has 3 unspecified atom stereocenters. The summed E-state index contributed by atoms with van der Waals surface area (Å²) in [4.78, 5) is 2.47. The minimum atomic E-state index is -0.300. The minimum Gasteiger partial charge on any atom is -0.315 e. The van der Waals surface area contributed by atoms with E-state index in [-0.39, 0.29) is 6.04 Å². The average molecular weight is 207 g/mol. The highest BCUT2D eigenvalue weighted by molar-refractivity contribution is 4.94. The van der Waals surface area contributed by atoms with Crippen molar-refractivity contribution < 1.29 is 0 Å². The molecular formula is C12H21N3. The fourth-order valence-corrected chi connectivity index (χ4v) is 3.25. The first-order valence-corrected chi connectivity index (χ1v) is 6.20.